The van der Waals surface area contributed by atoms with Crippen molar-refractivity contribution in [2.24, 2.45) is 10.9 Å². The summed E-state index contributed by atoms with van der Waals surface area (Å²) in [4.78, 5) is 26.6. The summed E-state index contributed by atoms with van der Waals surface area (Å²) in [5, 5.41) is 33.6. The number of nitrogens with zero attached hydrogens (tertiary/aromatic N) is 4. The van der Waals surface area contributed by atoms with Crippen LogP contribution in [0.2, 0.25) is 5.02 Å². The van der Waals surface area contributed by atoms with Gasteiger partial charge in [-0.3, -0.25) is 16.0 Å². The normalized spacial score (nSPS) is 14.3. The zero-order valence-corrected chi connectivity index (χ0v) is 22.9. The van der Waals surface area contributed by atoms with Crippen molar-refractivity contribution in [3.63, 3.8) is 0 Å². The first-order valence-corrected chi connectivity index (χ1v) is 13.6. The molecule has 1 aliphatic carbocycles. The number of aliphatic hydroxyl groups is 1. The van der Waals surface area contributed by atoms with Gasteiger partial charge in [0.25, 0.3) is 0 Å². The predicted molar refractivity (Wildman–Crippen MR) is 158 cm³/mol. The van der Waals surface area contributed by atoms with Gasteiger partial charge in [0.05, 0.1) is 19.3 Å². The van der Waals surface area contributed by atoms with Crippen molar-refractivity contribution in [1.29, 1.82) is 5.41 Å². The summed E-state index contributed by atoms with van der Waals surface area (Å²) in [6.45, 7) is 4.67. The molecule has 0 bridgehead atoms. The average Bonchev–Trinajstić information content (AvgIpc) is 2.97. The van der Waals surface area contributed by atoms with Crippen LogP contribution in [0.1, 0.15) is 49.5 Å². The van der Waals surface area contributed by atoms with E-state index in [4.69, 9.17) is 22.1 Å². The second-order valence-corrected chi connectivity index (χ2v) is 10.2. The average molecular weight is 564 g/mol. The van der Waals surface area contributed by atoms with Gasteiger partial charge in [0.2, 0.25) is 0 Å². The van der Waals surface area contributed by atoms with Gasteiger partial charge in [-0.05, 0) is 43.2 Å². The first kappa shape index (κ1) is 29.1. The largest absolute Gasteiger partial charge is 0.465 e. The molecule has 1 aromatic heterocycles. The van der Waals surface area contributed by atoms with Crippen molar-refractivity contribution in [3.8, 4) is 11.3 Å². The molecule has 11 heteroatoms. The van der Waals surface area contributed by atoms with Gasteiger partial charge in [0.1, 0.15) is 11.4 Å². The van der Waals surface area contributed by atoms with Gasteiger partial charge in [-0.25, -0.2) is 19.8 Å². The maximum atomic E-state index is 11.2. The summed E-state index contributed by atoms with van der Waals surface area (Å²) in [5.41, 5.74) is 2.66. The van der Waals surface area contributed by atoms with Crippen molar-refractivity contribution >= 4 is 41.8 Å². The number of aromatic nitrogens is 2. The number of halogens is 1. The summed E-state index contributed by atoms with van der Waals surface area (Å²) >= 11 is 6.35. The van der Waals surface area contributed by atoms with Crippen LogP contribution in [-0.2, 0) is 0 Å². The van der Waals surface area contributed by atoms with Crippen molar-refractivity contribution in [3.05, 3.63) is 71.0 Å². The third-order valence-electron chi connectivity index (χ3n) is 7.00. The molecule has 40 heavy (non-hydrogen) atoms. The fraction of sp³-hybridized carbons (Fsp3) is 0.345. The highest BCUT2D eigenvalue weighted by Gasteiger charge is 2.27. The van der Waals surface area contributed by atoms with E-state index in [1.807, 2.05) is 41.7 Å². The van der Waals surface area contributed by atoms with E-state index < -0.39 is 11.9 Å². The molecule has 1 fully saturated rings. The molecule has 0 unspecified atom stereocenters. The SMILES string of the molecule is C=Nc1nc(C(=N)NC(=O)O)nc(-c2cccc(Cl)c2)c1N(CN[C@@H](CO)c1ccccc1)CC1CCCCC1. The first-order chi connectivity index (χ1) is 19.4. The lowest BCUT2D eigenvalue weighted by Gasteiger charge is -2.34. The molecule has 0 aliphatic heterocycles. The Labute approximate surface area is 238 Å². The molecule has 210 valence electrons. The summed E-state index contributed by atoms with van der Waals surface area (Å²) in [6.07, 6.45) is 4.34. The molecule has 1 heterocycles. The molecule has 5 N–H and O–H groups in total. The Hall–Kier alpha value is -3.86. The van der Waals surface area contributed by atoms with Crippen LogP contribution in [-0.4, -0.2) is 58.6 Å². The molecule has 4 rings (SSSR count). The Kier molecular flexibility index (Phi) is 10.2. The number of hydrogen-bond acceptors (Lipinski definition) is 8. The third kappa shape index (κ3) is 7.41. The topological polar surface area (TPSA) is 147 Å². The van der Waals surface area contributed by atoms with Crippen LogP contribution in [0.25, 0.3) is 11.3 Å². The van der Waals surface area contributed by atoms with Crippen LogP contribution >= 0.6 is 11.6 Å². The predicted octanol–water partition coefficient (Wildman–Crippen LogP) is 5.39. The standard InChI is InChI=1S/C29H34ClN7O3/c1-32-27-25(24(21-13-8-14-22(30)15-21)34-28(36-27)26(31)35-29(39)40)37(16-19-9-4-2-5-10-19)18-33-23(17-38)20-11-6-3-7-12-20/h3,6-8,11-15,19,23,33,38H,1-2,4-5,9-10,16-18H2,(H2,31,35)(H,39,40)/t23-/m0/s1. The van der Waals surface area contributed by atoms with E-state index in [0.29, 0.717) is 41.1 Å². The third-order valence-corrected chi connectivity index (χ3v) is 7.24. The number of aliphatic imine (C=N–C) groups is 1. The molecule has 1 amide bonds. The number of aliphatic hydroxyl groups excluding tert-OH is 1. The van der Waals surface area contributed by atoms with E-state index in [9.17, 15) is 9.90 Å². The minimum atomic E-state index is -1.39. The Bertz CT molecular complexity index is 1330. The lowest BCUT2D eigenvalue weighted by atomic mass is 9.89. The van der Waals surface area contributed by atoms with E-state index in [-0.39, 0.29) is 24.3 Å². The Balaban J connectivity index is 1.81. The highest BCUT2D eigenvalue weighted by Crippen LogP contribution is 2.38. The fourth-order valence-corrected chi connectivity index (χ4v) is 5.26. The molecule has 1 aliphatic rings. The Morgan fingerprint density at radius 1 is 1.15 bits per heavy atom. The zero-order valence-electron chi connectivity index (χ0n) is 22.2. The summed E-state index contributed by atoms with van der Waals surface area (Å²) < 4.78 is 0. The van der Waals surface area contributed by atoms with Crippen LogP contribution in [0.4, 0.5) is 16.3 Å². The highest BCUT2D eigenvalue weighted by molar-refractivity contribution is 6.30. The number of amidine groups is 1. The van der Waals surface area contributed by atoms with Crippen LogP contribution in [0.3, 0.4) is 0 Å². The van der Waals surface area contributed by atoms with E-state index in [0.717, 1.165) is 31.2 Å². The van der Waals surface area contributed by atoms with Crippen molar-refractivity contribution in [1.82, 2.24) is 20.6 Å². The second kappa shape index (κ2) is 14.0. The molecule has 10 nitrogen and oxygen atoms in total. The molecule has 0 spiro atoms. The maximum Gasteiger partial charge on any atom is 0.410 e. The highest BCUT2D eigenvalue weighted by atomic mass is 35.5. The van der Waals surface area contributed by atoms with Crippen LogP contribution in [0.5, 0.6) is 0 Å². The summed E-state index contributed by atoms with van der Waals surface area (Å²) in [6, 6.07) is 16.6. The monoisotopic (exact) mass is 563 g/mol. The van der Waals surface area contributed by atoms with Crippen molar-refractivity contribution in [2.75, 3.05) is 24.7 Å². The molecular formula is C29H34ClN7O3. The molecule has 1 saturated carbocycles. The molecule has 0 radical (unpaired) electrons. The fourth-order valence-electron chi connectivity index (χ4n) is 5.07. The number of benzene rings is 2. The van der Waals surface area contributed by atoms with Crippen molar-refractivity contribution < 1.29 is 15.0 Å². The molecule has 0 saturated heterocycles. The number of amides is 1. The lowest BCUT2D eigenvalue weighted by Crippen LogP contribution is -2.41. The number of rotatable bonds is 11. The Morgan fingerprint density at radius 3 is 2.55 bits per heavy atom. The number of hydrogen-bond donors (Lipinski definition) is 5. The number of carboxylic acid groups (broad SMARTS) is 1. The minimum absolute atomic E-state index is 0.0948. The van der Waals surface area contributed by atoms with Crippen molar-refractivity contribution in [2.45, 2.75) is 38.1 Å². The molecular weight excluding hydrogens is 530 g/mol. The van der Waals surface area contributed by atoms with E-state index in [1.54, 1.807) is 18.2 Å². The van der Waals surface area contributed by atoms with Gasteiger partial charge in [-0.2, -0.15) is 0 Å². The van der Waals surface area contributed by atoms with Gasteiger partial charge in [0, 0.05) is 17.1 Å². The molecule has 2 aromatic carbocycles. The zero-order chi connectivity index (χ0) is 28.5. The second-order valence-electron chi connectivity index (χ2n) is 9.78. The van der Waals surface area contributed by atoms with Gasteiger partial charge in [0.15, 0.2) is 17.5 Å². The molecule has 1 atom stereocenters. The number of carbonyl (C=O) groups is 1. The quantitative estimate of drug-likeness (QED) is 0.119. The smallest absolute Gasteiger partial charge is 0.410 e. The Morgan fingerprint density at radius 2 is 1.90 bits per heavy atom. The maximum absolute atomic E-state index is 11.2. The van der Waals surface area contributed by atoms with Gasteiger partial charge < -0.3 is 15.1 Å². The van der Waals surface area contributed by atoms with E-state index in [2.05, 4.69) is 31.9 Å². The van der Waals surface area contributed by atoms with Gasteiger partial charge in [-0.1, -0.05) is 73.3 Å². The first-order valence-electron chi connectivity index (χ1n) is 13.3. The van der Waals surface area contributed by atoms with Gasteiger partial charge in [-0.15, -0.1) is 0 Å². The van der Waals surface area contributed by atoms with Crippen LogP contribution < -0.4 is 15.5 Å². The summed E-state index contributed by atoms with van der Waals surface area (Å²) in [7, 11) is 0. The van der Waals surface area contributed by atoms with E-state index >= 15 is 0 Å². The van der Waals surface area contributed by atoms with Gasteiger partial charge >= 0.3 is 6.09 Å². The molecule has 3 aromatic rings. The van der Waals surface area contributed by atoms with Crippen LogP contribution in [0.15, 0.2) is 59.6 Å². The minimum Gasteiger partial charge on any atom is -0.465 e. The number of anilines is 1. The van der Waals surface area contributed by atoms with E-state index in [1.165, 1.54) is 6.42 Å². The number of nitrogens with one attached hydrogen (secondary N) is 3. The lowest BCUT2D eigenvalue weighted by molar-refractivity contribution is 0.200. The van der Waals surface area contributed by atoms with Crippen LogP contribution in [0, 0.1) is 11.3 Å². The summed E-state index contributed by atoms with van der Waals surface area (Å²) in [5.74, 6) is 0.0337.